The molecular formula is C28H26N2O5. The predicted octanol–water partition coefficient (Wildman–Crippen LogP) is 5.03. The largest absolute Gasteiger partial charge is 0.480 e. The van der Waals surface area contributed by atoms with Gasteiger partial charge >= 0.3 is 12.1 Å². The number of anilines is 1. The monoisotopic (exact) mass is 470 g/mol. The average molecular weight is 471 g/mol. The molecule has 7 nitrogen and oxygen atoms in total. The van der Waals surface area contributed by atoms with E-state index in [0.717, 1.165) is 35.1 Å². The van der Waals surface area contributed by atoms with Gasteiger partial charge < -0.3 is 15.2 Å². The number of carbonyl (C=O) groups excluding carboxylic acids is 2. The van der Waals surface area contributed by atoms with E-state index in [1.165, 1.54) is 0 Å². The second-order valence-electron chi connectivity index (χ2n) is 9.04. The standard InChI is InChI=1S/C28H26N2O5/c31-26(29-25(27(32)33)15-17-13-14-17)22-11-5-6-12-24(22)30-28(34)35-16-23-20-9-3-1-7-18(20)19-8-2-4-10-21(19)23/h1-12,17,23,25H,13-16H2,(H,29,31)(H,30,34)(H,32,33). The van der Waals surface area contributed by atoms with Crippen LogP contribution in [0.15, 0.2) is 72.8 Å². The fourth-order valence-corrected chi connectivity index (χ4v) is 4.68. The van der Waals surface area contributed by atoms with Crippen LogP contribution in [0, 0.1) is 5.92 Å². The minimum Gasteiger partial charge on any atom is -0.480 e. The molecule has 1 unspecified atom stereocenters. The van der Waals surface area contributed by atoms with E-state index < -0.39 is 24.0 Å². The molecule has 1 atom stereocenters. The number of ether oxygens (including phenoxy) is 1. The highest BCUT2D eigenvalue weighted by atomic mass is 16.5. The van der Waals surface area contributed by atoms with E-state index in [4.69, 9.17) is 4.74 Å². The molecule has 1 saturated carbocycles. The van der Waals surface area contributed by atoms with E-state index in [9.17, 15) is 19.5 Å². The van der Waals surface area contributed by atoms with Gasteiger partial charge in [0, 0.05) is 5.92 Å². The number of carbonyl (C=O) groups is 3. The SMILES string of the molecule is O=C(Nc1ccccc1C(=O)NC(CC1CC1)C(=O)O)OCC1c2ccccc2-c2ccccc21. The van der Waals surface area contributed by atoms with Gasteiger partial charge in [0.2, 0.25) is 0 Å². The van der Waals surface area contributed by atoms with Gasteiger partial charge in [-0.3, -0.25) is 10.1 Å². The van der Waals surface area contributed by atoms with Gasteiger partial charge in [-0.15, -0.1) is 0 Å². The first kappa shape index (κ1) is 22.7. The van der Waals surface area contributed by atoms with Crippen LogP contribution in [0.5, 0.6) is 0 Å². The molecule has 0 saturated heterocycles. The first-order chi connectivity index (χ1) is 17.0. The molecule has 0 aromatic heterocycles. The number of carboxylic acids is 1. The molecule has 2 aliphatic carbocycles. The molecule has 0 bridgehead atoms. The highest BCUT2D eigenvalue weighted by molar-refractivity contribution is 6.03. The molecule has 0 spiro atoms. The van der Waals surface area contributed by atoms with Crippen molar-refractivity contribution in [3.8, 4) is 11.1 Å². The third-order valence-corrected chi connectivity index (χ3v) is 6.62. The number of fused-ring (bicyclic) bond motifs is 3. The van der Waals surface area contributed by atoms with Crippen LogP contribution in [-0.2, 0) is 9.53 Å². The van der Waals surface area contributed by atoms with E-state index in [2.05, 4.69) is 22.8 Å². The number of hydrogen-bond donors (Lipinski definition) is 3. The summed E-state index contributed by atoms with van der Waals surface area (Å²) in [6, 6.07) is 21.7. The van der Waals surface area contributed by atoms with Crippen molar-refractivity contribution < 1.29 is 24.2 Å². The highest BCUT2D eigenvalue weighted by Crippen LogP contribution is 2.44. The number of aliphatic carboxylic acids is 1. The Morgan fingerprint density at radius 1 is 0.886 bits per heavy atom. The minimum atomic E-state index is -1.06. The topological polar surface area (TPSA) is 105 Å². The number of carboxylic acid groups (broad SMARTS) is 1. The van der Waals surface area contributed by atoms with Gasteiger partial charge in [-0.2, -0.15) is 0 Å². The zero-order valence-corrected chi connectivity index (χ0v) is 19.1. The average Bonchev–Trinajstić information content (AvgIpc) is 3.63. The Kier molecular flexibility index (Phi) is 6.23. The summed E-state index contributed by atoms with van der Waals surface area (Å²) in [5.74, 6) is -1.35. The maximum absolute atomic E-state index is 12.8. The summed E-state index contributed by atoms with van der Waals surface area (Å²) in [5.41, 5.74) is 4.94. The second kappa shape index (κ2) is 9.62. The first-order valence-corrected chi connectivity index (χ1v) is 11.8. The highest BCUT2D eigenvalue weighted by Gasteiger charge is 2.31. The van der Waals surface area contributed by atoms with E-state index in [-0.39, 0.29) is 23.8 Å². The quantitative estimate of drug-likeness (QED) is 0.428. The Balaban J connectivity index is 1.26. The maximum atomic E-state index is 12.8. The lowest BCUT2D eigenvalue weighted by molar-refractivity contribution is -0.139. The molecule has 3 aromatic rings. The molecule has 178 valence electrons. The Morgan fingerprint density at radius 2 is 1.49 bits per heavy atom. The molecule has 0 heterocycles. The van der Waals surface area contributed by atoms with E-state index in [0.29, 0.717) is 12.3 Å². The smallest absolute Gasteiger partial charge is 0.411 e. The van der Waals surface area contributed by atoms with Gasteiger partial charge in [-0.25, -0.2) is 9.59 Å². The number of rotatable bonds is 8. The molecule has 2 amide bonds. The van der Waals surface area contributed by atoms with Crippen molar-refractivity contribution >= 4 is 23.7 Å². The zero-order chi connectivity index (χ0) is 24.4. The van der Waals surface area contributed by atoms with Crippen LogP contribution in [-0.4, -0.2) is 35.7 Å². The van der Waals surface area contributed by atoms with Gasteiger partial charge in [-0.1, -0.05) is 73.5 Å². The van der Waals surface area contributed by atoms with Crippen molar-refractivity contribution in [3.05, 3.63) is 89.5 Å². The third-order valence-electron chi connectivity index (χ3n) is 6.62. The van der Waals surface area contributed by atoms with Crippen molar-refractivity contribution in [3.63, 3.8) is 0 Å². The summed E-state index contributed by atoms with van der Waals surface area (Å²) >= 11 is 0. The summed E-state index contributed by atoms with van der Waals surface area (Å²) < 4.78 is 5.58. The minimum absolute atomic E-state index is 0.0783. The molecule has 7 heteroatoms. The first-order valence-electron chi connectivity index (χ1n) is 11.8. The van der Waals surface area contributed by atoms with Crippen LogP contribution in [0.4, 0.5) is 10.5 Å². The van der Waals surface area contributed by atoms with Crippen LogP contribution < -0.4 is 10.6 Å². The van der Waals surface area contributed by atoms with Crippen LogP contribution in [0.2, 0.25) is 0 Å². The summed E-state index contributed by atoms with van der Waals surface area (Å²) in [7, 11) is 0. The molecule has 0 aliphatic heterocycles. The molecule has 35 heavy (non-hydrogen) atoms. The predicted molar refractivity (Wildman–Crippen MR) is 131 cm³/mol. The Labute approximate surface area is 203 Å². The van der Waals surface area contributed by atoms with Gasteiger partial charge in [0.25, 0.3) is 5.91 Å². The number of nitrogens with one attached hydrogen (secondary N) is 2. The fourth-order valence-electron chi connectivity index (χ4n) is 4.68. The van der Waals surface area contributed by atoms with Crippen LogP contribution >= 0.6 is 0 Å². The summed E-state index contributed by atoms with van der Waals surface area (Å²) in [4.78, 5) is 37.1. The van der Waals surface area contributed by atoms with Crippen LogP contribution in [0.25, 0.3) is 11.1 Å². The molecular weight excluding hydrogens is 444 g/mol. The summed E-state index contributed by atoms with van der Waals surface area (Å²) in [6.07, 6.45) is 1.70. The van der Waals surface area contributed by atoms with Crippen LogP contribution in [0.1, 0.15) is 46.7 Å². The van der Waals surface area contributed by atoms with E-state index >= 15 is 0 Å². The Hall–Kier alpha value is -4.13. The third kappa shape index (κ3) is 4.89. The lowest BCUT2D eigenvalue weighted by Crippen LogP contribution is -2.41. The van der Waals surface area contributed by atoms with Crippen LogP contribution in [0.3, 0.4) is 0 Å². The van der Waals surface area contributed by atoms with E-state index in [1.54, 1.807) is 24.3 Å². The lowest BCUT2D eigenvalue weighted by atomic mass is 9.98. The Morgan fingerprint density at radius 3 is 2.11 bits per heavy atom. The maximum Gasteiger partial charge on any atom is 0.411 e. The number of amides is 2. The van der Waals surface area contributed by atoms with Gasteiger partial charge in [0.15, 0.2) is 0 Å². The number of benzene rings is 3. The number of para-hydroxylation sites is 1. The molecule has 3 N–H and O–H groups in total. The van der Waals surface area contributed by atoms with Gasteiger partial charge in [0.1, 0.15) is 12.6 Å². The molecule has 0 radical (unpaired) electrons. The molecule has 2 aliphatic rings. The normalized spacial score (nSPS) is 15.0. The lowest BCUT2D eigenvalue weighted by Gasteiger charge is -2.17. The fraction of sp³-hybridized carbons (Fsp3) is 0.250. The zero-order valence-electron chi connectivity index (χ0n) is 19.1. The van der Waals surface area contributed by atoms with Crippen molar-refractivity contribution in [2.24, 2.45) is 5.92 Å². The molecule has 5 rings (SSSR count). The summed E-state index contributed by atoms with van der Waals surface area (Å²) in [5, 5.41) is 14.7. The Bertz CT molecular complexity index is 1240. The number of hydrogen-bond acceptors (Lipinski definition) is 4. The molecule has 3 aromatic carbocycles. The van der Waals surface area contributed by atoms with Crippen molar-refractivity contribution in [2.45, 2.75) is 31.2 Å². The molecule has 1 fully saturated rings. The van der Waals surface area contributed by atoms with Gasteiger partial charge in [-0.05, 0) is 46.7 Å². The second-order valence-corrected chi connectivity index (χ2v) is 9.04. The van der Waals surface area contributed by atoms with Crippen molar-refractivity contribution in [1.29, 1.82) is 0 Å². The van der Waals surface area contributed by atoms with Gasteiger partial charge in [0.05, 0.1) is 11.3 Å². The van der Waals surface area contributed by atoms with Crippen molar-refractivity contribution in [1.82, 2.24) is 5.32 Å². The van der Waals surface area contributed by atoms with Crippen molar-refractivity contribution in [2.75, 3.05) is 11.9 Å². The van der Waals surface area contributed by atoms with E-state index in [1.807, 2.05) is 36.4 Å². The summed E-state index contributed by atoms with van der Waals surface area (Å²) in [6.45, 7) is 0.150.